The molecule has 1 amide bonds. The standard InChI is InChI=1S/C18H21F3N4O2/c1-24-15(13-7-4-8-14(11-13)18(19,20)21)23-25(17(24)27)10-9-22-16(26)12-5-2-3-6-12/h4,7-8,11-12H,2-3,5-6,9-10H2,1H3,(H,22,26). The zero-order valence-corrected chi connectivity index (χ0v) is 14.9. The second-order valence-corrected chi connectivity index (χ2v) is 6.74. The quantitative estimate of drug-likeness (QED) is 0.864. The number of halogens is 3. The predicted molar refractivity (Wildman–Crippen MR) is 92.9 cm³/mol. The van der Waals surface area contributed by atoms with E-state index in [0.717, 1.165) is 42.5 Å². The monoisotopic (exact) mass is 382 g/mol. The fourth-order valence-corrected chi connectivity index (χ4v) is 3.34. The van der Waals surface area contributed by atoms with Gasteiger partial charge in [-0.1, -0.05) is 25.0 Å². The van der Waals surface area contributed by atoms with Crippen LogP contribution in [0.1, 0.15) is 31.2 Å². The van der Waals surface area contributed by atoms with E-state index in [9.17, 15) is 22.8 Å². The first-order valence-corrected chi connectivity index (χ1v) is 8.86. The average molecular weight is 382 g/mol. The van der Waals surface area contributed by atoms with Crippen molar-refractivity contribution in [2.75, 3.05) is 6.54 Å². The lowest BCUT2D eigenvalue weighted by molar-refractivity contribution is -0.137. The minimum absolute atomic E-state index is 0.0189. The van der Waals surface area contributed by atoms with Gasteiger partial charge in [-0.15, -0.1) is 5.10 Å². The smallest absolute Gasteiger partial charge is 0.354 e. The minimum atomic E-state index is -4.47. The highest BCUT2D eigenvalue weighted by atomic mass is 19.4. The fourth-order valence-electron chi connectivity index (χ4n) is 3.34. The van der Waals surface area contributed by atoms with Gasteiger partial charge in [0.1, 0.15) is 0 Å². The normalized spacial score (nSPS) is 15.3. The molecule has 0 saturated heterocycles. The fraction of sp³-hybridized carbons (Fsp3) is 0.500. The Kier molecular flexibility index (Phi) is 5.38. The van der Waals surface area contributed by atoms with E-state index in [0.29, 0.717) is 0 Å². The molecule has 1 heterocycles. The molecule has 0 aliphatic heterocycles. The first-order valence-electron chi connectivity index (χ1n) is 8.86. The molecule has 1 aromatic carbocycles. The molecule has 3 rings (SSSR count). The second kappa shape index (κ2) is 7.58. The first kappa shape index (κ1) is 19.2. The average Bonchev–Trinajstić information content (AvgIpc) is 3.25. The Morgan fingerprint density at radius 2 is 2.00 bits per heavy atom. The predicted octanol–water partition coefficient (Wildman–Crippen LogP) is 2.57. The minimum Gasteiger partial charge on any atom is -0.354 e. The molecule has 1 N–H and O–H groups in total. The maximum atomic E-state index is 12.9. The molecule has 0 atom stereocenters. The summed E-state index contributed by atoms with van der Waals surface area (Å²) in [4.78, 5) is 24.3. The number of alkyl halides is 3. The molecular weight excluding hydrogens is 361 g/mol. The van der Waals surface area contributed by atoms with Gasteiger partial charge in [-0.25, -0.2) is 9.48 Å². The molecule has 0 bridgehead atoms. The summed E-state index contributed by atoms with van der Waals surface area (Å²) >= 11 is 0. The number of rotatable bonds is 5. The molecule has 146 valence electrons. The Hall–Kier alpha value is -2.58. The molecule has 1 aliphatic carbocycles. The van der Waals surface area contributed by atoms with Crippen molar-refractivity contribution in [2.45, 2.75) is 38.4 Å². The van der Waals surface area contributed by atoms with Crippen LogP contribution in [0.15, 0.2) is 29.1 Å². The Bertz CT molecular complexity index is 879. The first-order chi connectivity index (χ1) is 12.8. The largest absolute Gasteiger partial charge is 0.416 e. The highest BCUT2D eigenvalue weighted by Gasteiger charge is 2.31. The van der Waals surface area contributed by atoms with Crippen LogP contribution in [0.2, 0.25) is 0 Å². The van der Waals surface area contributed by atoms with E-state index < -0.39 is 17.4 Å². The van der Waals surface area contributed by atoms with Gasteiger partial charge in [0.05, 0.1) is 12.1 Å². The number of benzene rings is 1. The van der Waals surface area contributed by atoms with Crippen LogP contribution in [-0.4, -0.2) is 26.8 Å². The lowest BCUT2D eigenvalue weighted by Crippen LogP contribution is -2.34. The summed E-state index contributed by atoms with van der Waals surface area (Å²) in [6.07, 6.45) is -0.595. The van der Waals surface area contributed by atoms with E-state index in [4.69, 9.17) is 0 Å². The molecule has 1 saturated carbocycles. The van der Waals surface area contributed by atoms with Gasteiger partial charge in [0, 0.05) is 25.1 Å². The van der Waals surface area contributed by atoms with Crippen molar-refractivity contribution in [3.8, 4) is 11.4 Å². The molecule has 9 heteroatoms. The third-order valence-corrected chi connectivity index (χ3v) is 4.84. The zero-order valence-electron chi connectivity index (χ0n) is 14.9. The summed E-state index contributed by atoms with van der Waals surface area (Å²) in [5, 5.41) is 6.95. The van der Waals surface area contributed by atoms with E-state index >= 15 is 0 Å². The molecule has 1 aromatic heterocycles. The van der Waals surface area contributed by atoms with E-state index in [2.05, 4.69) is 10.4 Å². The van der Waals surface area contributed by atoms with Gasteiger partial charge in [-0.2, -0.15) is 13.2 Å². The SMILES string of the molecule is Cn1c(-c2cccc(C(F)(F)F)c2)nn(CCNC(=O)C2CCCC2)c1=O. The molecule has 1 aliphatic rings. The third kappa shape index (κ3) is 4.23. The van der Waals surface area contributed by atoms with Crippen LogP contribution < -0.4 is 11.0 Å². The van der Waals surface area contributed by atoms with Crippen molar-refractivity contribution in [1.29, 1.82) is 0 Å². The highest BCUT2D eigenvalue weighted by Crippen LogP contribution is 2.31. The molecule has 0 radical (unpaired) electrons. The van der Waals surface area contributed by atoms with Crippen LogP contribution >= 0.6 is 0 Å². The maximum absolute atomic E-state index is 12.9. The second-order valence-electron chi connectivity index (χ2n) is 6.74. The molecule has 2 aromatic rings. The molecule has 0 unspecified atom stereocenters. The van der Waals surface area contributed by atoms with Crippen LogP contribution in [0, 0.1) is 5.92 Å². The number of carbonyl (C=O) groups is 1. The van der Waals surface area contributed by atoms with Crippen LogP contribution in [0.5, 0.6) is 0 Å². The van der Waals surface area contributed by atoms with Crippen molar-refractivity contribution >= 4 is 5.91 Å². The lowest BCUT2D eigenvalue weighted by Gasteiger charge is -2.09. The highest BCUT2D eigenvalue weighted by molar-refractivity contribution is 5.78. The van der Waals surface area contributed by atoms with Gasteiger partial charge in [-0.3, -0.25) is 9.36 Å². The lowest BCUT2D eigenvalue weighted by atomic mass is 10.1. The Balaban J connectivity index is 1.72. The number of nitrogens with zero attached hydrogens (tertiary/aromatic N) is 3. The molecule has 1 fully saturated rings. The summed E-state index contributed by atoms with van der Waals surface area (Å²) in [6, 6.07) is 4.69. The Morgan fingerprint density at radius 1 is 1.30 bits per heavy atom. The topological polar surface area (TPSA) is 68.9 Å². The van der Waals surface area contributed by atoms with E-state index in [1.165, 1.54) is 23.7 Å². The summed E-state index contributed by atoms with van der Waals surface area (Å²) < 4.78 is 41.1. The van der Waals surface area contributed by atoms with Crippen molar-refractivity contribution < 1.29 is 18.0 Å². The van der Waals surface area contributed by atoms with Crippen LogP contribution in [0.4, 0.5) is 13.2 Å². The number of amides is 1. The van der Waals surface area contributed by atoms with Gasteiger partial charge in [0.25, 0.3) is 0 Å². The third-order valence-electron chi connectivity index (χ3n) is 4.84. The summed E-state index contributed by atoms with van der Waals surface area (Å²) in [5.41, 5.74) is -1.04. The van der Waals surface area contributed by atoms with Gasteiger partial charge in [0.15, 0.2) is 5.82 Å². The van der Waals surface area contributed by atoms with Crippen LogP contribution in [0.3, 0.4) is 0 Å². The van der Waals surface area contributed by atoms with E-state index in [1.807, 2.05) is 0 Å². The Labute approximate surface area is 154 Å². The van der Waals surface area contributed by atoms with Crippen molar-refractivity contribution in [3.05, 3.63) is 40.3 Å². The van der Waals surface area contributed by atoms with E-state index in [1.54, 1.807) is 0 Å². The van der Waals surface area contributed by atoms with Gasteiger partial charge in [-0.05, 0) is 25.0 Å². The maximum Gasteiger partial charge on any atom is 0.416 e. The molecule has 0 spiro atoms. The van der Waals surface area contributed by atoms with Crippen molar-refractivity contribution in [1.82, 2.24) is 19.7 Å². The summed E-state index contributed by atoms with van der Waals surface area (Å²) in [7, 11) is 1.46. The summed E-state index contributed by atoms with van der Waals surface area (Å²) in [5.74, 6) is 0.161. The number of hydrogen-bond donors (Lipinski definition) is 1. The Morgan fingerprint density at radius 3 is 2.67 bits per heavy atom. The van der Waals surface area contributed by atoms with Crippen LogP contribution in [-0.2, 0) is 24.6 Å². The molecule has 6 nitrogen and oxygen atoms in total. The number of nitrogens with one attached hydrogen (secondary N) is 1. The van der Waals surface area contributed by atoms with Gasteiger partial charge < -0.3 is 5.32 Å². The van der Waals surface area contributed by atoms with Crippen molar-refractivity contribution in [3.63, 3.8) is 0 Å². The van der Waals surface area contributed by atoms with Gasteiger partial charge in [0.2, 0.25) is 5.91 Å². The molecular formula is C18H21F3N4O2. The summed E-state index contributed by atoms with van der Waals surface area (Å²) in [6.45, 7) is 0.401. The molecule has 27 heavy (non-hydrogen) atoms. The van der Waals surface area contributed by atoms with E-state index in [-0.39, 0.29) is 36.3 Å². The van der Waals surface area contributed by atoms with Crippen LogP contribution in [0.25, 0.3) is 11.4 Å². The number of carbonyl (C=O) groups excluding carboxylic acids is 1. The zero-order chi connectivity index (χ0) is 19.6. The van der Waals surface area contributed by atoms with Crippen molar-refractivity contribution in [2.24, 2.45) is 13.0 Å². The number of aromatic nitrogens is 3. The number of hydrogen-bond acceptors (Lipinski definition) is 3. The van der Waals surface area contributed by atoms with Gasteiger partial charge >= 0.3 is 11.9 Å².